The van der Waals surface area contributed by atoms with Gasteiger partial charge < -0.3 is 14.8 Å². The number of para-hydroxylation sites is 2. The first-order chi connectivity index (χ1) is 12.7. The molecule has 1 aliphatic rings. The van der Waals surface area contributed by atoms with Crippen LogP contribution in [0.25, 0.3) is 0 Å². The minimum absolute atomic E-state index is 0.0195. The monoisotopic (exact) mass is 353 g/mol. The Bertz CT molecular complexity index is 770. The average molecular weight is 353 g/mol. The lowest BCUT2D eigenvalue weighted by molar-refractivity contribution is -0.121. The highest BCUT2D eigenvalue weighted by Gasteiger charge is 2.21. The van der Waals surface area contributed by atoms with Gasteiger partial charge in [0.1, 0.15) is 12.7 Å². The largest absolute Gasteiger partial charge is 0.486 e. The molecular formula is C21H23NO4. The third-order valence-electron chi connectivity index (χ3n) is 4.36. The van der Waals surface area contributed by atoms with Gasteiger partial charge in [0.25, 0.3) is 0 Å². The van der Waals surface area contributed by atoms with Crippen molar-refractivity contribution in [2.24, 2.45) is 0 Å². The van der Waals surface area contributed by atoms with E-state index in [1.807, 2.05) is 48.5 Å². The van der Waals surface area contributed by atoms with Crippen LogP contribution in [0, 0.1) is 0 Å². The van der Waals surface area contributed by atoms with E-state index in [-0.39, 0.29) is 30.6 Å². The second-order valence-corrected chi connectivity index (χ2v) is 6.28. The molecule has 1 atom stereocenters. The van der Waals surface area contributed by atoms with E-state index in [1.54, 1.807) is 0 Å². The molecule has 26 heavy (non-hydrogen) atoms. The van der Waals surface area contributed by atoms with Crippen molar-refractivity contribution >= 4 is 11.7 Å². The van der Waals surface area contributed by atoms with Gasteiger partial charge in [-0.05, 0) is 24.1 Å². The van der Waals surface area contributed by atoms with Crippen molar-refractivity contribution in [1.82, 2.24) is 5.32 Å². The Balaban J connectivity index is 1.41. The molecule has 2 aromatic carbocycles. The van der Waals surface area contributed by atoms with E-state index in [4.69, 9.17) is 9.47 Å². The molecule has 0 aliphatic carbocycles. The molecule has 1 unspecified atom stereocenters. The van der Waals surface area contributed by atoms with E-state index in [1.165, 1.54) is 5.56 Å². The zero-order valence-electron chi connectivity index (χ0n) is 14.9. The number of aryl methyl sites for hydroxylation is 1. The number of hydrogen-bond donors (Lipinski definition) is 1. The predicted octanol–water partition coefficient (Wildman–Crippen LogP) is 3.17. The van der Waals surface area contributed by atoms with Gasteiger partial charge in [0.15, 0.2) is 17.3 Å². The molecule has 1 heterocycles. The van der Waals surface area contributed by atoms with E-state index in [9.17, 15) is 9.59 Å². The third kappa shape index (κ3) is 4.63. The number of Topliss-reactive ketones (excluding diaryl/α,β-unsaturated/α-hetero) is 1. The van der Waals surface area contributed by atoms with Crippen LogP contribution >= 0.6 is 0 Å². The van der Waals surface area contributed by atoms with Gasteiger partial charge in [0.05, 0.1) is 6.54 Å². The molecule has 5 nitrogen and oxygen atoms in total. The first-order valence-corrected chi connectivity index (χ1v) is 8.93. The standard InChI is InChI=1S/C21H23NO4/c1-2-15-7-9-16(10-8-15)18(23)11-12-21(24)22-13-17-14-25-19-5-3-4-6-20(19)26-17/h3-10,17H,2,11-14H2,1H3,(H,22,24). The number of ether oxygens (including phenoxy) is 2. The Morgan fingerprint density at radius 3 is 2.50 bits per heavy atom. The fourth-order valence-electron chi connectivity index (χ4n) is 2.78. The highest BCUT2D eigenvalue weighted by molar-refractivity contribution is 5.97. The number of nitrogens with one attached hydrogen (secondary N) is 1. The average Bonchev–Trinajstić information content (AvgIpc) is 2.70. The lowest BCUT2D eigenvalue weighted by atomic mass is 10.0. The van der Waals surface area contributed by atoms with Gasteiger partial charge in [-0.15, -0.1) is 0 Å². The summed E-state index contributed by atoms with van der Waals surface area (Å²) < 4.78 is 11.4. The van der Waals surface area contributed by atoms with Gasteiger partial charge in [-0.25, -0.2) is 0 Å². The summed E-state index contributed by atoms with van der Waals surface area (Å²) in [4.78, 5) is 24.2. The highest BCUT2D eigenvalue weighted by Crippen LogP contribution is 2.30. The molecule has 5 heteroatoms. The zero-order chi connectivity index (χ0) is 18.4. The van der Waals surface area contributed by atoms with E-state index in [0.717, 1.165) is 12.2 Å². The number of amides is 1. The highest BCUT2D eigenvalue weighted by atomic mass is 16.6. The summed E-state index contributed by atoms with van der Waals surface area (Å²) in [5.41, 5.74) is 1.84. The van der Waals surface area contributed by atoms with E-state index < -0.39 is 0 Å². The zero-order valence-corrected chi connectivity index (χ0v) is 14.9. The molecule has 0 spiro atoms. The molecule has 2 aromatic rings. The van der Waals surface area contributed by atoms with Crippen LogP contribution in [0.1, 0.15) is 35.7 Å². The van der Waals surface area contributed by atoms with Crippen molar-refractivity contribution < 1.29 is 19.1 Å². The van der Waals surface area contributed by atoms with Crippen LogP contribution in [-0.4, -0.2) is 30.9 Å². The van der Waals surface area contributed by atoms with Crippen molar-refractivity contribution in [3.05, 3.63) is 59.7 Å². The maximum absolute atomic E-state index is 12.2. The van der Waals surface area contributed by atoms with Gasteiger partial charge in [0, 0.05) is 18.4 Å². The van der Waals surface area contributed by atoms with Crippen LogP contribution in [0.3, 0.4) is 0 Å². The summed E-state index contributed by atoms with van der Waals surface area (Å²) in [7, 11) is 0. The van der Waals surface area contributed by atoms with Gasteiger partial charge in [0.2, 0.25) is 5.91 Å². The molecule has 1 aliphatic heterocycles. The van der Waals surface area contributed by atoms with E-state index in [0.29, 0.717) is 24.5 Å². The fraction of sp³-hybridized carbons (Fsp3) is 0.333. The molecule has 0 fully saturated rings. The van der Waals surface area contributed by atoms with Crippen molar-refractivity contribution in [2.45, 2.75) is 32.3 Å². The van der Waals surface area contributed by atoms with Crippen LogP contribution in [0.2, 0.25) is 0 Å². The van der Waals surface area contributed by atoms with E-state index in [2.05, 4.69) is 12.2 Å². The smallest absolute Gasteiger partial charge is 0.220 e. The second-order valence-electron chi connectivity index (χ2n) is 6.28. The molecule has 0 saturated heterocycles. The number of carbonyl (C=O) groups excluding carboxylic acids is 2. The molecule has 136 valence electrons. The fourth-order valence-corrected chi connectivity index (χ4v) is 2.78. The third-order valence-corrected chi connectivity index (χ3v) is 4.36. The molecule has 0 aromatic heterocycles. The maximum atomic E-state index is 12.2. The molecule has 0 saturated carbocycles. The summed E-state index contributed by atoms with van der Waals surface area (Å²) in [6.45, 7) is 2.81. The lowest BCUT2D eigenvalue weighted by Gasteiger charge is -2.26. The Kier molecular flexibility index (Phi) is 5.89. The Labute approximate surface area is 153 Å². The second kappa shape index (κ2) is 8.52. The molecule has 0 radical (unpaired) electrons. The number of fused-ring (bicyclic) bond motifs is 1. The quantitative estimate of drug-likeness (QED) is 0.777. The molecule has 0 bridgehead atoms. The Morgan fingerprint density at radius 2 is 1.77 bits per heavy atom. The van der Waals surface area contributed by atoms with E-state index >= 15 is 0 Å². The number of ketones is 1. The van der Waals surface area contributed by atoms with Gasteiger partial charge in [-0.3, -0.25) is 9.59 Å². The lowest BCUT2D eigenvalue weighted by Crippen LogP contribution is -2.40. The van der Waals surface area contributed by atoms with Crippen LogP contribution in [0.5, 0.6) is 11.5 Å². The Hall–Kier alpha value is -2.82. The molecule has 1 N–H and O–H groups in total. The summed E-state index contributed by atoms with van der Waals surface area (Å²) >= 11 is 0. The maximum Gasteiger partial charge on any atom is 0.220 e. The van der Waals surface area contributed by atoms with Crippen molar-refractivity contribution in [3.8, 4) is 11.5 Å². The van der Waals surface area contributed by atoms with Crippen LogP contribution < -0.4 is 14.8 Å². The van der Waals surface area contributed by atoms with Crippen molar-refractivity contribution in [1.29, 1.82) is 0 Å². The number of rotatable bonds is 7. The minimum Gasteiger partial charge on any atom is -0.486 e. The minimum atomic E-state index is -0.230. The van der Waals surface area contributed by atoms with Crippen molar-refractivity contribution in [3.63, 3.8) is 0 Å². The van der Waals surface area contributed by atoms with Crippen LogP contribution in [0.15, 0.2) is 48.5 Å². The molecular weight excluding hydrogens is 330 g/mol. The number of benzene rings is 2. The Morgan fingerprint density at radius 1 is 1.04 bits per heavy atom. The molecule has 3 rings (SSSR count). The van der Waals surface area contributed by atoms with Gasteiger partial charge >= 0.3 is 0 Å². The van der Waals surface area contributed by atoms with Crippen LogP contribution in [-0.2, 0) is 11.2 Å². The number of hydrogen-bond acceptors (Lipinski definition) is 4. The first kappa shape index (κ1) is 18.0. The summed E-state index contributed by atoms with van der Waals surface area (Å²) in [5, 5.41) is 2.81. The van der Waals surface area contributed by atoms with Crippen molar-refractivity contribution in [2.75, 3.05) is 13.2 Å². The summed E-state index contributed by atoms with van der Waals surface area (Å²) in [6.07, 6.45) is 1.07. The summed E-state index contributed by atoms with van der Waals surface area (Å²) in [5.74, 6) is 1.22. The van der Waals surface area contributed by atoms with Crippen LogP contribution in [0.4, 0.5) is 0 Å². The van der Waals surface area contributed by atoms with Gasteiger partial charge in [-0.2, -0.15) is 0 Å². The number of carbonyl (C=O) groups is 2. The summed E-state index contributed by atoms with van der Waals surface area (Å²) in [6, 6.07) is 15.0. The first-order valence-electron chi connectivity index (χ1n) is 8.93. The SMILES string of the molecule is CCc1ccc(C(=O)CCC(=O)NCC2COc3ccccc3O2)cc1. The molecule has 1 amide bonds. The predicted molar refractivity (Wildman–Crippen MR) is 98.7 cm³/mol. The van der Waals surface area contributed by atoms with Gasteiger partial charge in [-0.1, -0.05) is 43.3 Å². The normalized spacial score (nSPS) is 15.3. The topological polar surface area (TPSA) is 64.6 Å².